The minimum absolute atomic E-state index is 0.143. The van der Waals surface area contributed by atoms with E-state index >= 15 is 0 Å². The van der Waals surface area contributed by atoms with Gasteiger partial charge in [0.2, 0.25) is 5.91 Å². The van der Waals surface area contributed by atoms with E-state index in [-0.39, 0.29) is 18.1 Å². The highest BCUT2D eigenvalue weighted by Crippen LogP contribution is 2.19. The second-order valence-electron chi connectivity index (χ2n) is 3.59. The zero-order valence-electron chi connectivity index (χ0n) is 9.31. The van der Waals surface area contributed by atoms with E-state index in [1.165, 1.54) is 12.1 Å². The normalized spacial score (nSPS) is 10.3. The van der Waals surface area contributed by atoms with Gasteiger partial charge in [0.1, 0.15) is 5.82 Å². The van der Waals surface area contributed by atoms with E-state index in [0.717, 1.165) is 0 Å². The van der Waals surface area contributed by atoms with Gasteiger partial charge in [-0.05, 0) is 40.8 Å². The predicted molar refractivity (Wildman–Crippen MR) is 72.4 cm³/mol. The molecule has 0 aliphatic carbocycles. The molecule has 0 aliphatic heterocycles. The molecule has 0 atom stereocenters. The summed E-state index contributed by atoms with van der Waals surface area (Å²) in [6.07, 6.45) is 3.53. The summed E-state index contributed by atoms with van der Waals surface area (Å²) < 4.78 is 15.1. The van der Waals surface area contributed by atoms with Crippen molar-refractivity contribution in [2.45, 2.75) is 13.0 Å². The number of amides is 1. The van der Waals surface area contributed by atoms with Crippen LogP contribution in [0.3, 0.4) is 0 Å². The molecule has 0 spiro atoms. The van der Waals surface area contributed by atoms with Crippen LogP contribution in [0.1, 0.15) is 6.42 Å². The maximum absolute atomic E-state index is 12.9. The van der Waals surface area contributed by atoms with Crippen LogP contribution in [0.15, 0.2) is 30.6 Å². The van der Waals surface area contributed by atoms with Crippen molar-refractivity contribution in [2.75, 3.05) is 5.32 Å². The largest absolute Gasteiger partial charge is 0.325 e. The van der Waals surface area contributed by atoms with Gasteiger partial charge >= 0.3 is 0 Å². The number of nitrogens with one attached hydrogen (secondary N) is 1. The second kappa shape index (κ2) is 5.89. The SMILES string of the molecule is O=C(CCn1ccnn1)Nc1ccc(F)cc1I. The first-order valence-corrected chi connectivity index (χ1v) is 6.32. The number of carbonyl (C=O) groups is 1. The summed E-state index contributed by atoms with van der Waals surface area (Å²) in [6, 6.07) is 4.23. The number of benzene rings is 1. The fourth-order valence-electron chi connectivity index (χ4n) is 1.37. The Balaban J connectivity index is 1.91. The highest BCUT2D eigenvalue weighted by Gasteiger charge is 2.06. The Bertz CT molecular complexity index is 544. The summed E-state index contributed by atoms with van der Waals surface area (Å²) >= 11 is 1.98. The van der Waals surface area contributed by atoms with Crippen LogP contribution in [0.2, 0.25) is 0 Å². The fourth-order valence-corrected chi connectivity index (χ4v) is 1.98. The Morgan fingerprint density at radius 1 is 1.50 bits per heavy atom. The third-order valence-electron chi connectivity index (χ3n) is 2.25. The molecular weight excluding hydrogens is 350 g/mol. The lowest BCUT2D eigenvalue weighted by Crippen LogP contribution is -2.15. The van der Waals surface area contributed by atoms with Crippen LogP contribution >= 0.6 is 22.6 Å². The molecule has 1 heterocycles. The number of aromatic nitrogens is 3. The molecule has 1 N–H and O–H groups in total. The summed E-state index contributed by atoms with van der Waals surface area (Å²) in [5, 5.41) is 10.1. The summed E-state index contributed by atoms with van der Waals surface area (Å²) in [5.41, 5.74) is 0.612. The van der Waals surface area contributed by atoms with E-state index < -0.39 is 0 Å². The Hall–Kier alpha value is -1.51. The molecular formula is C11H10FIN4O. The lowest BCUT2D eigenvalue weighted by Gasteiger charge is -2.07. The summed E-state index contributed by atoms with van der Waals surface area (Å²) in [5.74, 6) is -0.463. The van der Waals surface area contributed by atoms with Gasteiger partial charge in [-0.3, -0.25) is 9.48 Å². The molecule has 1 amide bonds. The van der Waals surface area contributed by atoms with Crippen molar-refractivity contribution in [3.8, 4) is 0 Å². The van der Waals surface area contributed by atoms with E-state index in [9.17, 15) is 9.18 Å². The fraction of sp³-hybridized carbons (Fsp3) is 0.182. The van der Waals surface area contributed by atoms with Crippen molar-refractivity contribution in [1.29, 1.82) is 0 Å². The Labute approximate surface area is 117 Å². The predicted octanol–water partition coefficient (Wildman–Crippen LogP) is 2.05. The van der Waals surface area contributed by atoms with Crippen molar-refractivity contribution in [2.24, 2.45) is 0 Å². The topological polar surface area (TPSA) is 59.8 Å². The van der Waals surface area contributed by atoms with Crippen LogP contribution in [-0.2, 0) is 11.3 Å². The van der Waals surface area contributed by atoms with Gasteiger partial charge in [0, 0.05) is 16.2 Å². The Morgan fingerprint density at radius 3 is 3.00 bits per heavy atom. The van der Waals surface area contributed by atoms with Crippen LogP contribution in [0, 0.1) is 9.39 Å². The molecule has 7 heteroatoms. The number of hydrogen-bond acceptors (Lipinski definition) is 3. The smallest absolute Gasteiger partial charge is 0.226 e. The monoisotopic (exact) mass is 360 g/mol. The first kappa shape index (κ1) is 12.9. The molecule has 0 aliphatic rings. The van der Waals surface area contributed by atoms with Crippen molar-refractivity contribution in [1.82, 2.24) is 15.0 Å². The lowest BCUT2D eigenvalue weighted by molar-refractivity contribution is -0.116. The van der Waals surface area contributed by atoms with Crippen LogP contribution in [0.5, 0.6) is 0 Å². The van der Waals surface area contributed by atoms with Gasteiger partial charge < -0.3 is 5.32 Å². The number of aryl methyl sites for hydroxylation is 1. The molecule has 94 valence electrons. The number of hydrogen-bond donors (Lipinski definition) is 1. The number of rotatable bonds is 4. The lowest BCUT2D eigenvalue weighted by atomic mass is 10.3. The van der Waals surface area contributed by atoms with Gasteiger partial charge in [-0.15, -0.1) is 5.10 Å². The zero-order chi connectivity index (χ0) is 13.0. The molecule has 2 rings (SSSR count). The molecule has 0 radical (unpaired) electrons. The molecule has 2 aromatic rings. The third-order valence-corrected chi connectivity index (χ3v) is 3.14. The van der Waals surface area contributed by atoms with Gasteiger partial charge in [-0.1, -0.05) is 5.21 Å². The maximum atomic E-state index is 12.9. The number of carbonyl (C=O) groups excluding carboxylic acids is 1. The van der Waals surface area contributed by atoms with E-state index in [0.29, 0.717) is 15.8 Å². The molecule has 0 saturated heterocycles. The van der Waals surface area contributed by atoms with Crippen LogP contribution in [0.4, 0.5) is 10.1 Å². The van der Waals surface area contributed by atoms with Crippen LogP contribution < -0.4 is 5.32 Å². The molecule has 1 aromatic heterocycles. The summed E-state index contributed by atoms with van der Waals surface area (Å²) in [7, 11) is 0. The van der Waals surface area contributed by atoms with Crippen molar-refractivity contribution in [3.05, 3.63) is 40.0 Å². The average Bonchev–Trinajstić information content (AvgIpc) is 2.83. The van der Waals surface area contributed by atoms with Gasteiger partial charge in [0.25, 0.3) is 0 Å². The molecule has 0 bridgehead atoms. The van der Waals surface area contributed by atoms with E-state index in [2.05, 4.69) is 15.6 Å². The first-order valence-electron chi connectivity index (χ1n) is 5.24. The standard InChI is InChI=1S/C11H10FIN4O/c12-8-1-2-10(9(13)7-8)15-11(18)3-5-17-6-4-14-16-17/h1-2,4,6-7H,3,5H2,(H,15,18). The van der Waals surface area contributed by atoms with E-state index in [1.54, 1.807) is 23.1 Å². The molecule has 0 fully saturated rings. The van der Waals surface area contributed by atoms with Gasteiger partial charge in [-0.2, -0.15) is 0 Å². The highest BCUT2D eigenvalue weighted by molar-refractivity contribution is 14.1. The van der Waals surface area contributed by atoms with Gasteiger partial charge in [0.05, 0.1) is 18.4 Å². The summed E-state index contributed by atoms with van der Waals surface area (Å²) in [4.78, 5) is 11.7. The maximum Gasteiger partial charge on any atom is 0.226 e. The molecule has 0 unspecified atom stereocenters. The number of nitrogens with zero attached hydrogens (tertiary/aromatic N) is 3. The van der Waals surface area contributed by atoms with Crippen molar-refractivity contribution in [3.63, 3.8) is 0 Å². The Morgan fingerprint density at radius 2 is 2.33 bits per heavy atom. The third kappa shape index (κ3) is 3.49. The van der Waals surface area contributed by atoms with E-state index in [1.807, 2.05) is 22.6 Å². The van der Waals surface area contributed by atoms with E-state index in [4.69, 9.17) is 0 Å². The Kier molecular flexibility index (Phi) is 4.24. The zero-order valence-corrected chi connectivity index (χ0v) is 11.5. The highest BCUT2D eigenvalue weighted by atomic mass is 127. The van der Waals surface area contributed by atoms with Gasteiger partial charge in [-0.25, -0.2) is 4.39 Å². The quantitative estimate of drug-likeness (QED) is 0.850. The minimum atomic E-state index is -0.319. The minimum Gasteiger partial charge on any atom is -0.325 e. The average molecular weight is 360 g/mol. The first-order chi connectivity index (χ1) is 8.65. The molecule has 1 aromatic carbocycles. The van der Waals surface area contributed by atoms with Crippen LogP contribution in [-0.4, -0.2) is 20.9 Å². The summed E-state index contributed by atoms with van der Waals surface area (Å²) in [6.45, 7) is 0.462. The van der Waals surface area contributed by atoms with Crippen molar-refractivity contribution < 1.29 is 9.18 Å². The number of halogens is 2. The van der Waals surface area contributed by atoms with Gasteiger partial charge in [0.15, 0.2) is 0 Å². The van der Waals surface area contributed by atoms with Crippen molar-refractivity contribution >= 4 is 34.2 Å². The molecule has 5 nitrogen and oxygen atoms in total. The molecule has 18 heavy (non-hydrogen) atoms. The van der Waals surface area contributed by atoms with Crippen LogP contribution in [0.25, 0.3) is 0 Å². The second-order valence-corrected chi connectivity index (χ2v) is 4.75. The number of anilines is 1. The molecule has 0 saturated carbocycles.